The van der Waals surface area contributed by atoms with E-state index in [0.717, 1.165) is 12.8 Å². The first kappa shape index (κ1) is 21.2. The first-order valence-electron chi connectivity index (χ1n) is 8.75. The van der Waals surface area contributed by atoms with Crippen LogP contribution in [-0.2, 0) is 14.3 Å². The van der Waals surface area contributed by atoms with Crippen LogP contribution < -0.4 is 0 Å². The lowest BCUT2D eigenvalue weighted by molar-refractivity contribution is -0.150. The van der Waals surface area contributed by atoms with Gasteiger partial charge in [0, 0.05) is 25.4 Å². The van der Waals surface area contributed by atoms with Crippen molar-refractivity contribution in [3.63, 3.8) is 0 Å². The Hall–Kier alpha value is -0.840. The SMILES string of the molecule is C/C=C/C[C@H](C)[C@@H](OC)[C@@H](C)[C@H](O)C[C@H]1OC(=O)C(Cl)=C[C@H]1CC. The van der Waals surface area contributed by atoms with Gasteiger partial charge in [-0.25, -0.2) is 4.79 Å². The number of aliphatic hydroxyl groups excluding tert-OH is 1. The summed E-state index contributed by atoms with van der Waals surface area (Å²) in [7, 11) is 1.68. The number of cyclic esters (lactones) is 1. The highest BCUT2D eigenvalue weighted by atomic mass is 35.5. The van der Waals surface area contributed by atoms with Crippen LogP contribution in [-0.4, -0.2) is 36.5 Å². The van der Waals surface area contributed by atoms with Crippen molar-refractivity contribution >= 4 is 17.6 Å². The molecule has 0 aromatic rings. The van der Waals surface area contributed by atoms with Crippen molar-refractivity contribution < 1.29 is 19.4 Å². The molecule has 0 fully saturated rings. The highest BCUT2D eigenvalue weighted by molar-refractivity contribution is 6.41. The Bertz CT molecular complexity index is 460. The van der Waals surface area contributed by atoms with Crippen LogP contribution in [0.2, 0.25) is 0 Å². The Balaban J connectivity index is 2.74. The van der Waals surface area contributed by atoms with Gasteiger partial charge in [0.2, 0.25) is 0 Å². The zero-order valence-corrected chi connectivity index (χ0v) is 16.1. The van der Waals surface area contributed by atoms with E-state index in [-0.39, 0.29) is 29.1 Å². The molecule has 24 heavy (non-hydrogen) atoms. The van der Waals surface area contributed by atoms with Gasteiger partial charge in [0.15, 0.2) is 0 Å². The number of methoxy groups -OCH3 is 1. The molecule has 1 rings (SSSR count). The zero-order chi connectivity index (χ0) is 18.3. The predicted octanol–water partition coefficient (Wildman–Crippen LogP) is 4.07. The lowest BCUT2D eigenvalue weighted by Gasteiger charge is -2.35. The largest absolute Gasteiger partial charge is 0.457 e. The quantitative estimate of drug-likeness (QED) is 0.498. The number of rotatable bonds is 9. The second-order valence-corrected chi connectivity index (χ2v) is 7.08. The number of aliphatic hydroxyl groups is 1. The molecule has 0 bridgehead atoms. The summed E-state index contributed by atoms with van der Waals surface area (Å²) < 4.78 is 11.0. The fourth-order valence-electron chi connectivity index (χ4n) is 3.37. The predicted molar refractivity (Wildman–Crippen MR) is 96.8 cm³/mol. The van der Waals surface area contributed by atoms with Crippen molar-refractivity contribution in [1.82, 2.24) is 0 Å². The van der Waals surface area contributed by atoms with Crippen LogP contribution >= 0.6 is 11.6 Å². The van der Waals surface area contributed by atoms with E-state index in [4.69, 9.17) is 21.1 Å². The molecule has 0 saturated carbocycles. The topological polar surface area (TPSA) is 55.8 Å². The third kappa shape index (κ3) is 5.61. The van der Waals surface area contributed by atoms with Gasteiger partial charge in [0.1, 0.15) is 11.1 Å². The maximum absolute atomic E-state index is 11.7. The summed E-state index contributed by atoms with van der Waals surface area (Å²) in [5.41, 5.74) is 0. The first-order chi connectivity index (χ1) is 11.3. The second kappa shape index (κ2) is 10.2. The van der Waals surface area contributed by atoms with Crippen LogP contribution in [0.4, 0.5) is 0 Å². The Kier molecular flexibility index (Phi) is 9.03. The molecule has 0 aromatic heterocycles. The van der Waals surface area contributed by atoms with Gasteiger partial charge >= 0.3 is 5.97 Å². The molecular formula is C19H31ClO4. The Morgan fingerprint density at radius 3 is 2.67 bits per heavy atom. The first-order valence-corrected chi connectivity index (χ1v) is 9.13. The minimum absolute atomic E-state index is 0.0403. The van der Waals surface area contributed by atoms with Gasteiger partial charge in [-0.1, -0.05) is 50.6 Å². The fourth-order valence-corrected chi connectivity index (χ4v) is 3.58. The van der Waals surface area contributed by atoms with Crippen LogP contribution in [0.3, 0.4) is 0 Å². The van der Waals surface area contributed by atoms with Gasteiger partial charge in [-0.15, -0.1) is 0 Å². The molecular weight excluding hydrogens is 328 g/mol. The van der Waals surface area contributed by atoms with Gasteiger partial charge in [-0.05, 0) is 25.7 Å². The number of hydrogen-bond donors (Lipinski definition) is 1. The smallest absolute Gasteiger partial charge is 0.349 e. The molecule has 1 heterocycles. The number of hydrogen-bond acceptors (Lipinski definition) is 4. The molecule has 6 atom stereocenters. The zero-order valence-electron chi connectivity index (χ0n) is 15.4. The maximum Gasteiger partial charge on any atom is 0.349 e. The average molecular weight is 359 g/mol. The van der Waals surface area contributed by atoms with E-state index in [1.165, 1.54) is 0 Å². The summed E-state index contributed by atoms with van der Waals surface area (Å²) in [5, 5.41) is 10.8. The number of allylic oxidation sites excluding steroid dienone is 2. The van der Waals surface area contributed by atoms with Crippen molar-refractivity contribution in [1.29, 1.82) is 0 Å². The molecule has 0 radical (unpaired) electrons. The average Bonchev–Trinajstić information content (AvgIpc) is 2.56. The molecule has 1 aliphatic rings. The normalized spacial score (nSPS) is 26.6. The summed E-state index contributed by atoms with van der Waals surface area (Å²) in [4.78, 5) is 11.7. The third-order valence-corrected chi connectivity index (χ3v) is 5.22. The summed E-state index contributed by atoms with van der Waals surface area (Å²) in [6.45, 7) is 8.12. The molecule has 138 valence electrons. The molecule has 0 amide bonds. The molecule has 0 saturated heterocycles. The molecule has 1 aliphatic heterocycles. The molecule has 0 unspecified atom stereocenters. The van der Waals surface area contributed by atoms with Crippen molar-refractivity contribution in [3.8, 4) is 0 Å². The van der Waals surface area contributed by atoms with E-state index in [1.807, 2.05) is 26.8 Å². The van der Waals surface area contributed by atoms with E-state index in [9.17, 15) is 9.90 Å². The highest BCUT2D eigenvalue weighted by Gasteiger charge is 2.35. The molecule has 0 aliphatic carbocycles. The highest BCUT2D eigenvalue weighted by Crippen LogP contribution is 2.31. The van der Waals surface area contributed by atoms with Crippen LogP contribution in [0.25, 0.3) is 0 Å². The van der Waals surface area contributed by atoms with Gasteiger partial charge in [-0.3, -0.25) is 0 Å². The monoisotopic (exact) mass is 358 g/mol. The molecule has 1 N–H and O–H groups in total. The van der Waals surface area contributed by atoms with Gasteiger partial charge in [0.05, 0.1) is 12.2 Å². The minimum Gasteiger partial charge on any atom is -0.457 e. The lowest BCUT2D eigenvalue weighted by Crippen LogP contribution is -2.40. The number of esters is 1. The molecule has 0 spiro atoms. The van der Waals surface area contributed by atoms with Crippen LogP contribution in [0.15, 0.2) is 23.3 Å². The number of carbonyl (C=O) groups is 1. The number of carbonyl (C=O) groups excluding carboxylic acids is 1. The minimum atomic E-state index is -0.611. The number of ether oxygens (including phenoxy) is 2. The van der Waals surface area contributed by atoms with E-state index in [1.54, 1.807) is 13.2 Å². The van der Waals surface area contributed by atoms with Crippen molar-refractivity contribution in [3.05, 3.63) is 23.3 Å². The van der Waals surface area contributed by atoms with Crippen molar-refractivity contribution in [2.75, 3.05) is 7.11 Å². The van der Waals surface area contributed by atoms with Crippen LogP contribution in [0.1, 0.15) is 47.0 Å². The molecule has 4 nitrogen and oxygen atoms in total. The third-order valence-electron chi connectivity index (χ3n) is 4.94. The Morgan fingerprint density at radius 1 is 1.46 bits per heavy atom. The standard InChI is InChI=1S/C19H31ClO4/c1-6-8-9-12(3)18(23-5)13(4)16(21)11-17-14(7-2)10-15(20)19(22)24-17/h6,8,10,12-14,16-18,21H,7,9,11H2,1-5H3/b8-6+/t12-,13-,14+,16+,17+,18+/m0/s1. The lowest BCUT2D eigenvalue weighted by atomic mass is 9.83. The van der Waals surface area contributed by atoms with Crippen molar-refractivity contribution in [2.24, 2.45) is 17.8 Å². The summed E-state index contributed by atoms with van der Waals surface area (Å²) >= 11 is 5.87. The van der Waals surface area contributed by atoms with Gasteiger partial charge < -0.3 is 14.6 Å². The summed E-state index contributed by atoms with van der Waals surface area (Å²) in [5.74, 6) is -0.233. The van der Waals surface area contributed by atoms with Crippen LogP contribution in [0, 0.1) is 17.8 Å². The Labute approximate surface area is 150 Å². The molecule has 0 aromatic carbocycles. The van der Waals surface area contributed by atoms with E-state index < -0.39 is 12.1 Å². The van der Waals surface area contributed by atoms with Gasteiger partial charge in [-0.2, -0.15) is 0 Å². The van der Waals surface area contributed by atoms with Gasteiger partial charge in [0.25, 0.3) is 0 Å². The van der Waals surface area contributed by atoms with E-state index in [2.05, 4.69) is 13.0 Å². The molecule has 5 heteroatoms. The maximum atomic E-state index is 11.7. The Morgan fingerprint density at radius 2 is 2.12 bits per heavy atom. The van der Waals surface area contributed by atoms with Crippen LogP contribution in [0.5, 0.6) is 0 Å². The summed E-state index contributed by atoms with van der Waals surface area (Å²) in [6, 6.07) is 0. The fraction of sp³-hybridized carbons (Fsp3) is 0.737. The van der Waals surface area contributed by atoms with E-state index >= 15 is 0 Å². The summed E-state index contributed by atoms with van der Waals surface area (Å²) in [6.07, 6.45) is 6.97. The van der Waals surface area contributed by atoms with Crippen molar-refractivity contribution in [2.45, 2.75) is 65.3 Å². The number of halogens is 1. The van der Waals surface area contributed by atoms with E-state index in [0.29, 0.717) is 12.3 Å². The second-order valence-electron chi connectivity index (χ2n) is 6.67.